The first-order valence-corrected chi connectivity index (χ1v) is 10.9. The van der Waals surface area contributed by atoms with Crippen molar-refractivity contribution in [2.45, 2.75) is 24.0 Å². The molecule has 0 fully saturated rings. The molecule has 0 saturated heterocycles. The van der Waals surface area contributed by atoms with Crippen molar-refractivity contribution in [1.29, 1.82) is 0 Å². The predicted molar refractivity (Wildman–Crippen MR) is 117 cm³/mol. The second kappa shape index (κ2) is 10.6. The standard InChI is InChI=1S/C24H26O4S/c1-4-10-21(5-2)23(29(26,27)22-16-14-19(3)15-17-22)24(25)28-18-9-13-20-11-7-6-8-12-20/h4-17,21,23H,2,18H2,1,3H3/b10-4+,13-9+. The van der Waals surface area contributed by atoms with Gasteiger partial charge in [-0.15, -0.1) is 6.58 Å². The molecule has 0 aliphatic carbocycles. The van der Waals surface area contributed by atoms with Crippen molar-refractivity contribution >= 4 is 21.9 Å². The molecule has 0 bridgehead atoms. The van der Waals surface area contributed by atoms with E-state index in [1.165, 1.54) is 18.2 Å². The SMILES string of the molecule is C=CC(/C=C/C)C(C(=O)OC/C=C/c1ccccc1)S(=O)(=O)c1ccc(C)cc1. The lowest BCUT2D eigenvalue weighted by Crippen LogP contribution is -2.37. The Morgan fingerprint density at radius 2 is 1.76 bits per heavy atom. The second-order valence-electron chi connectivity index (χ2n) is 6.56. The highest BCUT2D eigenvalue weighted by Crippen LogP contribution is 2.25. The monoisotopic (exact) mass is 410 g/mol. The first-order chi connectivity index (χ1) is 13.9. The Labute approximate surface area is 173 Å². The molecule has 0 radical (unpaired) electrons. The zero-order valence-electron chi connectivity index (χ0n) is 16.7. The fourth-order valence-corrected chi connectivity index (χ4v) is 4.60. The van der Waals surface area contributed by atoms with Crippen LogP contribution in [0.2, 0.25) is 0 Å². The van der Waals surface area contributed by atoms with Crippen molar-refractivity contribution in [3.63, 3.8) is 0 Å². The number of esters is 1. The van der Waals surface area contributed by atoms with E-state index in [4.69, 9.17) is 4.74 Å². The summed E-state index contributed by atoms with van der Waals surface area (Å²) < 4.78 is 31.7. The first-order valence-electron chi connectivity index (χ1n) is 9.34. The van der Waals surface area contributed by atoms with Crippen LogP contribution < -0.4 is 0 Å². The van der Waals surface area contributed by atoms with E-state index < -0.39 is 27.0 Å². The highest BCUT2D eigenvalue weighted by molar-refractivity contribution is 7.92. The molecule has 152 valence electrons. The van der Waals surface area contributed by atoms with Gasteiger partial charge in [0.2, 0.25) is 0 Å². The van der Waals surface area contributed by atoms with E-state index in [2.05, 4.69) is 6.58 Å². The maximum atomic E-state index is 13.2. The average molecular weight is 411 g/mol. The predicted octanol–water partition coefficient (Wildman–Crippen LogP) is 4.77. The van der Waals surface area contributed by atoms with E-state index >= 15 is 0 Å². The minimum Gasteiger partial charge on any atom is -0.460 e. The Morgan fingerprint density at radius 1 is 1.10 bits per heavy atom. The molecule has 0 amide bonds. The molecule has 0 spiro atoms. The van der Waals surface area contributed by atoms with Gasteiger partial charge in [-0.1, -0.05) is 72.3 Å². The van der Waals surface area contributed by atoms with Gasteiger partial charge in [-0.25, -0.2) is 8.42 Å². The number of benzene rings is 2. The van der Waals surface area contributed by atoms with Crippen LogP contribution in [0.3, 0.4) is 0 Å². The lowest BCUT2D eigenvalue weighted by Gasteiger charge is -2.21. The van der Waals surface area contributed by atoms with Gasteiger partial charge < -0.3 is 4.74 Å². The van der Waals surface area contributed by atoms with Crippen LogP contribution in [0, 0.1) is 12.8 Å². The highest BCUT2D eigenvalue weighted by atomic mass is 32.2. The number of carbonyl (C=O) groups excluding carboxylic acids is 1. The molecular formula is C24H26O4S. The molecule has 2 unspecified atom stereocenters. The van der Waals surface area contributed by atoms with Crippen LogP contribution in [0.5, 0.6) is 0 Å². The van der Waals surface area contributed by atoms with E-state index in [0.29, 0.717) is 0 Å². The molecule has 0 aromatic heterocycles. The molecule has 29 heavy (non-hydrogen) atoms. The fraction of sp³-hybridized carbons (Fsp3) is 0.208. The molecule has 5 heteroatoms. The van der Waals surface area contributed by atoms with Crippen LogP contribution in [-0.2, 0) is 19.4 Å². The first kappa shape index (κ1) is 22.4. The van der Waals surface area contributed by atoms with Gasteiger partial charge in [-0.2, -0.15) is 0 Å². The number of allylic oxidation sites excluding steroid dienone is 3. The Hall–Kier alpha value is -2.92. The van der Waals surface area contributed by atoms with Crippen molar-refractivity contribution in [2.24, 2.45) is 5.92 Å². The number of aryl methyl sites for hydroxylation is 1. The topological polar surface area (TPSA) is 60.4 Å². The molecule has 0 aliphatic heterocycles. The van der Waals surface area contributed by atoms with Gasteiger partial charge in [0.15, 0.2) is 15.1 Å². The molecule has 0 aliphatic rings. The van der Waals surface area contributed by atoms with E-state index in [9.17, 15) is 13.2 Å². The molecular weight excluding hydrogens is 384 g/mol. The van der Waals surface area contributed by atoms with Gasteiger partial charge in [0.1, 0.15) is 6.61 Å². The van der Waals surface area contributed by atoms with Crippen LogP contribution in [0.4, 0.5) is 0 Å². The second-order valence-corrected chi connectivity index (χ2v) is 8.63. The lowest BCUT2D eigenvalue weighted by atomic mass is 10.1. The van der Waals surface area contributed by atoms with E-state index in [-0.39, 0.29) is 11.5 Å². The molecule has 2 atom stereocenters. The van der Waals surface area contributed by atoms with Crippen molar-refractivity contribution < 1.29 is 17.9 Å². The summed E-state index contributed by atoms with van der Waals surface area (Å²) in [5.41, 5.74) is 1.90. The molecule has 2 aromatic rings. The number of sulfone groups is 1. The summed E-state index contributed by atoms with van der Waals surface area (Å²) in [7, 11) is -3.96. The number of ether oxygens (including phenoxy) is 1. The van der Waals surface area contributed by atoms with Gasteiger partial charge >= 0.3 is 5.97 Å². The normalized spacial score (nSPS) is 14.0. The highest BCUT2D eigenvalue weighted by Gasteiger charge is 2.39. The summed E-state index contributed by atoms with van der Waals surface area (Å²) in [6.45, 7) is 7.31. The van der Waals surface area contributed by atoms with Crippen molar-refractivity contribution in [3.8, 4) is 0 Å². The fourth-order valence-electron chi connectivity index (χ4n) is 2.85. The Balaban J connectivity index is 2.25. The molecule has 4 nitrogen and oxygen atoms in total. The molecule has 2 rings (SSSR count). The number of carbonyl (C=O) groups is 1. The van der Waals surface area contributed by atoms with Gasteiger partial charge in [0.05, 0.1) is 4.90 Å². The van der Waals surface area contributed by atoms with Crippen molar-refractivity contribution in [1.82, 2.24) is 0 Å². The number of rotatable bonds is 9. The van der Waals surface area contributed by atoms with Gasteiger partial charge in [0.25, 0.3) is 0 Å². The summed E-state index contributed by atoms with van der Waals surface area (Å²) in [5.74, 6) is -1.50. The molecule has 2 aromatic carbocycles. The zero-order valence-corrected chi connectivity index (χ0v) is 17.5. The quantitative estimate of drug-likeness (QED) is 0.441. The third-order valence-electron chi connectivity index (χ3n) is 4.38. The van der Waals surface area contributed by atoms with Crippen molar-refractivity contribution in [2.75, 3.05) is 6.61 Å². The van der Waals surface area contributed by atoms with Crippen LogP contribution in [0.15, 0.2) is 90.4 Å². The minimum atomic E-state index is -3.96. The minimum absolute atomic E-state index is 0.0205. The summed E-state index contributed by atoms with van der Waals surface area (Å²) >= 11 is 0. The number of hydrogen-bond acceptors (Lipinski definition) is 4. The largest absolute Gasteiger partial charge is 0.460 e. The third kappa shape index (κ3) is 6.03. The van der Waals surface area contributed by atoms with Crippen LogP contribution in [-0.4, -0.2) is 26.2 Å². The summed E-state index contributed by atoms with van der Waals surface area (Å²) in [5, 5.41) is -1.40. The lowest BCUT2D eigenvalue weighted by molar-refractivity contribution is -0.142. The smallest absolute Gasteiger partial charge is 0.325 e. The molecule has 0 N–H and O–H groups in total. The zero-order chi connectivity index (χ0) is 21.3. The van der Waals surface area contributed by atoms with E-state index in [1.807, 2.05) is 43.3 Å². The van der Waals surface area contributed by atoms with Crippen LogP contribution in [0.25, 0.3) is 6.08 Å². The number of hydrogen-bond donors (Lipinski definition) is 0. The summed E-state index contributed by atoms with van der Waals surface area (Å²) in [4.78, 5) is 12.9. The van der Waals surface area contributed by atoms with Crippen molar-refractivity contribution in [3.05, 3.63) is 96.6 Å². The summed E-state index contributed by atoms with van der Waals surface area (Å²) in [6.07, 6.45) is 8.30. The van der Waals surface area contributed by atoms with E-state index in [0.717, 1.165) is 11.1 Å². The Morgan fingerprint density at radius 3 is 2.34 bits per heavy atom. The average Bonchev–Trinajstić information content (AvgIpc) is 2.71. The third-order valence-corrected chi connectivity index (χ3v) is 6.49. The Bertz CT molecular complexity index is 971. The van der Waals surface area contributed by atoms with Crippen LogP contribution >= 0.6 is 0 Å². The maximum absolute atomic E-state index is 13.2. The maximum Gasteiger partial charge on any atom is 0.325 e. The molecule has 0 saturated carbocycles. The van der Waals surface area contributed by atoms with E-state index in [1.54, 1.807) is 37.3 Å². The van der Waals surface area contributed by atoms with Gasteiger partial charge in [-0.05, 0) is 37.6 Å². The van der Waals surface area contributed by atoms with Gasteiger partial charge in [-0.3, -0.25) is 4.79 Å². The Kier molecular flexibility index (Phi) is 8.16. The van der Waals surface area contributed by atoms with Gasteiger partial charge in [0, 0.05) is 5.92 Å². The van der Waals surface area contributed by atoms with Crippen LogP contribution in [0.1, 0.15) is 18.1 Å². The summed E-state index contributed by atoms with van der Waals surface area (Å²) in [6, 6.07) is 16.0. The molecule has 0 heterocycles.